The number of nitrogens with zero attached hydrogens (tertiary/aromatic N) is 3. The van der Waals surface area contributed by atoms with Gasteiger partial charge in [0.05, 0.1) is 12.0 Å². The van der Waals surface area contributed by atoms with Gasteiger partial charge in [0.2, 0.25) is 0 Å². The van der Waals surface area contributed by atoms with Gasteiger partial charge in [-0.15, -0.1) is 0 Å². The number of unbranched alkanes of at least 4 members (excludes halogenated alkanes) is 9. The van der Waals surface area contributed by atoms with Crippen LogP contribution in [0.4, 0.5) is 0 Å². The zero-order valence-electron chi connectivity index (χ0n) is 16.1. The fraction of sp³-hybridized carbons (Fsp3) is 0.947. The Bertz CT molecular complexity index is 364. The van der Waals surface area contributed by atoms with Gasteiger partial charge in [0.25, 0.3) is 0 Å². The maximum atomic E-state index is 12.1. The summed E-state index contributed by atoms with van der Waals surface area (Å²) in [7, 11) is 0. The number of azide groups is 1. The Hall–Kier alpha value is -1.22. The van der Waals surface area contributed by atoms with E-state index in [1.54, 1.807) is 0 Å². The molecule has 0 aliphatic rings. The smallest absolute Gasteiger partial charge is 0.311 e. The molecule has 140 valence electrons. The minimum absolute atomic E-state index is 0.106. The highest BCUT2D eigenvalue weighted by molar-refractivity contribution is 5.75. The molecule has 0 saturated heterocycles. The van der Waals surface area contributed by atoms with Crippen LogP contribution in [0.2, 0.25) is 0 Å². The molecule has 0 amide bonds. The summed E-state index contributed by atoms with van der Waals surface area (Å²) in [5.41, 5.74) is 7.77. The number of carbonyl (C=O) groups is 1. The minimum atomic E-state index is -0.449. The lowest BCUT2D eigenvalue weighted by Gasteiger charge is -2.22. The lowest BCUT2D eigenvalue weighted by Crippen LogP contribution is -2.27. The van der Waals surface area contributed by atoms with Crippen LogP contribution in [0.1, 0.15) is 97.8 Å². The van der Waals surface area contributed by atoms with Gasteiger partial charge < -0.3 is 4.74 Å². The Kier molecular flexibility index (Phi) is 14.5. The van der Waals surface area contributed by atoms with Crippen molar-refractivity contribution in [1.29, 1.82) is 0 Å². The van der Waals surface area contributed by atoms with E-state index in [-0.39, 0.29) is 5.97 Å². The normalized spacial score (nSPS) is 11.1. The van der Waals surface area contributed by atoms with Crippen molar-refractivity contribution in [3.63, 3.8) is 0 Å². The third-order valence-corrected chi connectivity index (χ3v) is 4.41. The highest BCUT2D eigenvalue weighted by Gasteiger charge is 2.28. The summed E-state index contributed by atoms with van der Waals surface area (Å²) in [4.78, 5) is 14.8. The van der Waals surface area contributed by atoms with Gasteiger partial charge in [-0.1, -0.05) is 69.8 Å². The molecule has 5 nitrogen and oxygen atoms in total. The van der Waals surface area contributed by atoms with Crippen LogP contribution < -0.4 is 0 Å². The van der Waals surface area contributed by atoms with Crippen molar-refractivity contribution in [3.8, 4) is 0 Å². The molecule has 0 aliphatic carbocycles. The molecule has 0 saturated carbocycles. The van der Waals surface area contributed by atoms with Gasteiger partial charge in [-0.3, -0.25) is 4.79 Å². The molecule has 0 unspecified atom stereocenters. The fourth-order valence-corrected chi connectivity index (χ4v) is 2.67. The first-order valence-electron chi connectivity index (χ1n) is 9.72. The fourth-order valence-electron chi connectivity index (χ4n) is 2.67. The number of carbonyl (C=O) groups excluding carboxylic acids is 1. The Morgan fingerprint density at radius 1 is 0.958 bits per heavy atom. The second-order valence-electron chi connectivity index (χ2n) is 7.26. The molecular weight excluding hydrogens is 302 g/mol. The van der Waals surface area contributed by atoms with Crippen molar-refractivity contribution >= 4 is 5.97 Å². The first kappa shape index (κ1) is 22.8. The third-order valence-electron chi connectivity index (χ3n) is 4.41. The van der Waals surface area contributed by atoms with Crippen molar-refractivity contribution in [3.05, 3.63) is 10.4 Å². The van der Waals surface area contributed by atoms with Crippen LogP contribution in [-0.2, 0) is 9.53 Å². The van der Waals surface area contributed by atoms with Crippen molar-refractivity contribution in [2.24, 2.45) is 10.5 Å². The summed E-state index contributed by atoms with van der Waals surface area (Å²) >= 11 is 0. The number of hydrogen-bond acceptors (Lipinski definition) is 3. The van der Waals surface area contributed by atoms with E-state index < -0.39 is 5.41 Å². The Balaban J connectivity index is 3.56. The molecule has 0 N–H and O–H groups in total. The minimum Gasteiger partial charge on any atom is -0.465 e. The lowest BCUT2D eigenvalue weighted by atomic mass is 9.87. The summed E-state index contributed by atoms with van der Waals surface area (Å²) in [6.45, 7) is 7.14. The SMILES string of the molecule is CCCCCCCCCCCOC(=O)C(C)(C)CCCCN=[N+]=[N-]. The van der Waals surface area contributed by atoms with Gasteiger partial charge in [-0.2, -0.15) is 0 Å². The number of hydrogen-bond donors (Lipinski definition) is 0. The molecule has 0 rings (SSSR count). The number of rotatable bonds is 16. The standard InChI is InChI=1S/C19H37N3O2/c1-4-5-6-7-8-9-10-11-14-17-24-18(23)19(2,3)15-12-13-16-21-22-20/h4-17H2,1-3H3. The quantitative estimate of drug-likeness (QED) is 0.105. The van der Waals surface area contributed by atoms with Gasteiger partial charge in [0.15, 0.2) is 0 Å². The summed E-state index contributed by atoms with van der Waals surface area (Å²) in [6.07, 6.45) is 13.8. The third kappa shape index (κ3) is 13.2. The van der Waals surface area contributed by atoms with Crippen LogP contribution in [0, 0.1) is 5.41 Å². The molecule has 0 heterocycles. The molecule has 24 heavy (non-hydrogen) atoms. The zero-order valence-corrected chi connectivity index (χ0v) is 16.1. The molecule has 0 bridgehead atoms. The molecule has 0 aromatic carbocycles. The number of esters is 1. The van der Waals surface area contributed by atoms with Crippen molar-refractivity contribution in [1.82, 2.24) is 0 Å². The molecule has 0 aliphatic heterocycles. The average molecular weight is 340 g/mol. The van der Waals surface area contributed by atoms with Gasteiger partial charge in [0, 0.05) is 11.5 Å². The van der Waals surface area contributed by atoms with E-state index in [0.717, 1.165) is 32.1 Å². The Labute approximate surface area is 148 Å². The predicted octanol–water partition coefficient (Wildman–Crippen LogP) is 6.57. The molecule has 0 aromatic heterocycles. The van der Waals surface area contributed by atoms with Crippen LogP contribution in [-0.4, -0.2) is 19.1 Å². The molecule has 5 heteroatoms. The van der Waals surface area contributed by atoms with Gasteiger partial charge in [0.1, 0.15) is 0 Å². The van der Waals surface area contributed by atoms with E-state index in [2.05, 4.69) is 16.9 Å². The van der Waals surface area contributed by atoms with E-state index >= 15 is 0 Å². The topological polar surface area (TPSA) is 75.1 Å². The highest BCUT2D eigenvalue weighted by atomic mass is 16.5. The van der Waals surface area contributed by atoms with E-state index in [4.69, 9.17) is 10.3 Å². The summed E-state index contributed by atoms with van der Waals surface area (Å²) in [5, 5.41) is 3.51. The first-order valence-corrected chi connectivity index (χ1v) is 9.72. The van der Waals surface area contributed by atoms with Crippen molar-refractivity contribution in [2.45, 2.75) is 97.8 Å². The summed E-state index contributed by atoms with van der Waals surface area (Å²) in [5.74, 6) is -0.106. The Morgan fingerprint density at radius 2 is 1.54 bits per heavy atom. The van der Waals surface area contributed by atoms with Crippen LogP contribution in [0.15, 0.2) is 5.11 Å². The van der Waals surface area contributed by atoms with Crippen LogP contribution in [0.5, 0.6) is 0 Å². The molecular formula is C19H37N3O2. The van der Waals surface area contributed by atoms with Crippen LogP contribution >= 0.6 is 0 Å². The number of ether oxygens (including phenoxy) is 1. The van der Waals surface area contributed by atoms with Gasteiger partial charge >= 0.3 is 5.97 Å². The van der Waals surface area contributed by atoms with Crippen LogP contribution in [0.25, 0.3) is 10.4 Å². The second-order valence-corrected chi connectivity index (χ2v) is 7.26. The molecule has 0 aromatic rings. The van der Waals surface area contributed by atoms with Crippen molar-refractivity contribution < 1.29 is 9.53 Å². The summed E-state index contributed by atoms with van der Waals surface area (Å²) < 4.78 is 5.42. The Morgan fingerprint density at radius 3 is 2.12 bits per heavy atom. The monoisotopic (exact) mass is 339 g/mol. The van der Waals surface area contributed by atoms with Gasteiger partial charge in [-0.05, 0) is 38.6 Å². The molecule has 0 atom stereocenters. The zero-order chi connectivity index (χ0) is 18.1. The average Bonchev–Trinajstić information content (AvgIpc) is 2.56. The van der Waals surface area contributed by atoms with E-state index in [9.17, 15) is 4.79 Å². The van der Waals surface area contributed by atoms with E-state index in [1.807, 2.05) is 13.8 Å². The molecule has 0 fully saturated rings. The van der Waals surface area contributed by atoms with Gasteiger partial charge in [-0.25, -0.2) is 0 Å². The highest BCUT2D eigenvalue weighted by Crippen LogP contribution is 2.25. The predicted molar refractivity (Wildman–Crippen MR) is 99.8 cm³/mol. The molecule has 0 spiro atoms. The maximum absolute atomic E-state index is 12.1. The first-order chi connectivity index (χ1) is 11.5. The van der Waals surface area contributed by atoms with E-state index in [1.165, 1.54) is 44.9 Å². The lowest BCUT2D eigenvalue weighted by molar-refractivity contribution is -0.154. The van der Waals surface area contributed by atoms with Crippen LogP contribution in [0.3, 0.4) is 0 Å². The van der Waals surface area contributed by atoms with E-state index in [0.29, 0.717) is 13.2 Å². The van der Waals surface area contributed by atoms with Crippen molar-refractivity contribution in [2.75, 3.05) is 13.2 Å². The second kappa shape index (κ2) is 15.3. The summed E-state index contributed by atoms with van der Waals surface area (Å²) in [6, 6.07) is 0. The largest absolute Gasteiger partial charge is 0.465 e. The molecule has 0 radical (unpaired) electrons. The maximum Gasteiger partial charge on any atom is 0.311 e.